The molecule has 0 fully saturated rings. The first-order valence-electron chi connectivity index (χ1n) is 9.13. The van der Waals surface area contributed by atoms with Gasteiger partial charge in [-0.05, 0) is 41.0 Å². The van der Waals surface area contributed by atoms with Crippen molar-refractivity contribution in [1.82, 2.24) is 0 Å². The van der Waals surface area contributed by atoms with E-state index in [1.807, 2.05) is 78.9 Å². The molecule has 0 spiro atoms. The molecule has 4 heteroatoms. The van der Waals surface area contributed by atoms with E-state index in [0.717, 1.165) is 28.2 Å². The zero-order chi connectivity index (χ0) is 20.0. The summed E-state index contributed by atoms with van der Waals surface area (Å²) in [4.78, 5) is 0. The first-order valence-corrected chi connectivity index (χ1v) is 9.13. The summed E-state index contributed by atoms with van der Waals surface area (Å²) in [5.41, 5.74) is 2.13. The van der Waals surface area contributed by atoms with Gasteiger partial charge >= 0.3 is 0 Å². The Balaban J connectivity index is 2.26. The fourth-order valence-corrected chi connectivity index (χ4v) is 3.54. The van der Waals surface area contributed by atoms with Crippen LogP contribution in [0.2, 0.25) is 0 Å². The molecule has 28 heavy (non-hydrogen) atoms. The molecule has 1 unspecified atom stereocenters. The van der Waals surface area contributed by atoms with Gasteiger partial charge in [-0.25, -0.2) is 0 Å². The molecule has 1 atom stereocenters. The number of rotatable bonds is 8. The summed E-state index contributed by atoms with van der Waals surface area (Å²) in [6, 6.07) is 25.5. The Hall–Kier alpha value is -2.82. The topological polar surface area (TPSA) is 58.9 Å². The van der Waals surface area contributed by atoms with E-state index >= 15 is 0 Å². The zero-order valence-corrected chi connectivity index (χ0v) is 16.1. The molecule has 145 valence electrons. The van der Waals surface area contributed by atoms with Crippen LogP contribution < -0.4 is 9.47 Å². The highest BCUT2D eigenvalue weighted by atomic mass is 16.5. The summed E-state index contributed by atoms with van der Waals surface area (Å²) >= 11 is 0. The molecule has 0 saturated heterocycles. The Labute approximate surface area is 166 Å². The molecule has 0 aliphatic carbocycles. The van der Waals surface area contributed by atoms with Crippen LogP contribution in [-0.4, -0.2) is 37.1 Å². The summed E-state index contributed by atoms with van der Waals surface area (Å²) < 4.78 is 10.6. The van der Waals surface area contributed by atoms with Gasteiger partial charge in [-0.3, -0.25) is 0 Å². The molecule has 0 aliphatic rings. The van der Waals surface area contributed by atoms with Gasteiger partial charge in [0, 0.05) is 6.42 Å². The van der Waals surface area contributed by atoms with Crippen molar-refractivity contribution in [2.45, 2.75) is 11.5 Å². The van der Waals surface area contributed by atoms with Crippen LogP contribution in [0.1, 0.15) is 16.7 Å². The fourth-order valence-electron chi connectivity index (χ4n) is 3.54. The fraction of sp³-hybridized carbons (Fsp3) is 0.208. The number of aliphatic hydroxyl groups excluding tert-OH is 2. The third kappa shape index (κ3) is 3.88. The predicted octanol–water partition coefficient (Wildman–Crippen LogP) is 3.60. The van der Waals surface area contributed by atoms with Crippen LogP contribution in [0.15, 0.2) is 78.9 Å². The van der Waals surface area contributed by atoms with Gasteiger partial charge in [0.2, 0.25) is 0 Å². The molecule has 0 heterocycles. The second kappa shape index (κ2) is 8.91. The monoisotopic (exact) mass is 377 g/mol. The normalized spacial score (nSPS) is 12.4. The van der Waals surface area contributed by atoms with Crippen LogP contribution >= 0.6 is 0 Å². The SMILES string of the molecule is COc1ccc(C([CH]C(O)CO)(c2ccccc2)c2ccc(OC)cc2)cc1. The molecule has 0 bridgehead atoms. The number of aliphatic hydroxyl groups is 2. The second-order valence-corrected chi connectivity index (χ2v) is 6.55. The average Bonchev–Trinajstić information content (AvgIpc) is 2.78. The number of ether oxygens (including phenoxy) is 2. The van der Waals surface area contributed by atoms with E-state index in [-0.39, 0.29) is 6.61 Å². The molecule has 3 rings (SSSR count). The molecular formula is C24H25O4. The summed E-state index contributed by atoms with van der Waals surface area (Å²) in [7, 11) is 3.26. The molecular weight excluding hydrogens is 352 g/mol. The van der Waals surface area contributed by atoms with Crippen LogP contribution in [0.25, 0.3) is 0 Å². The lowest BCUT2D eigenvalue weighted by molar-refractivity contribution is 0.112. The molecule has 0 aromatic heterocycles. The maximum absolute atomic E-state index is 10.4. The lowest BCUT2D eigenvalue weighted by Gasteiger charge is -2.37. The average molecular weight is 377 g/mol. The van der Waals surface area contributed by atoms with Gasteiger partial charge in [-0.15, -0.1) is 0 Å². The summed E-state index contributed by atoms with van der Waals surface area (Å²) in [6.07, 6.45) is 0.788. The van der Waals surface area contributed by atoms with E-state index in [1.54, 1.807) is 20.6 Å². The van der Waals surface area contributed by atoms with E-state index in [0.29, 0.717) is 0 Å². The lowest BCUT2D eigenvalue weighted by Crippen LogP contribution is -2.36. The van der Waals surface area contributed by atoms with Crippen molar-refractivity contribution < 1.29 is 19.7 Å². The summed E-state index contributed by atoms with van der Waals surface area (Å²) in [6.45, 7) is -0.360. The van der Waals surface area contributed by atoms with Crippen LogP contribution in [0.4, 0.5) is 0 Å². The highest BCUT2D eigenvalue weighted by Crippen LogP contribution is 2.43. The highest BCUT2D eigenvalue weighted by molar-refractivity contribution is 5.55. The molecule has 3 aromatic carbocycles. The molecule has 0 aliphatic heterocycles. The van der Waals surface area contributed by atoms with Crippen molar-refractivity contribution in [3.63, 3.8) is 0 Å². The first-order chi connectivity index (χ1) is 13.6. The lowest BCUT2D eigenvalue weighted by atomic mass is 9.66. The number of methoxy groups -OCH3 is 2. The van der Waals surface area contributed by atoms with Crippen molar-refractivity contribution in [1.29, 1.82) is 0 Å². The molecule has 1 radical (unpaired) electrons. The number of hydrogen-bond donors (Lipinski definition) is 2. The van der Waals surface area contributed by atoms with Crippen molar-refractivity contribution >= 4 is 0 Å². The van der Waals surface area contributed by atoms with Gasteiger partial charge in [0.1, 0.15) is 11.5 Å². The standard InChI is InChI=1S/C24H25O4/c1-27-22-12-8-19(9-13-22)24(16-21(26)17-25,18-6-4-3-5-7-18)20-10-14-23(28-2)15-11-20/h3-16,21,25-26H,17H2,1-2H3. The highest BCUT2D eigenvalue weighted by Gasteiger charge is 2.38. The number of benzene rings is 3. The van der Waals surface area contributed by atoms with Gasteiger partial charge < -0.3 is 19.7 Å². The first kappa shape index (κ1) is 19.9. The Bertz CT molecular complexity index is 810. The van der Waals surface area contributed by atoms with Crippen molar-refractivity contribution in [2.75, 3.05) is 20.8 Å². The minimum Gasteiger partial charge on any atom is -0.497 e. The van der Waals surface area contributed by atoms with Crippen molar-refractivity contribution in [3.8, 4) is 11.5 Å². The van der Waals surface area contributed by atoms with Crippen LogP contribution in [0.3, 0.4) is 0 Å². The Kier molecular flexibility index (Phi) is 6.34. The van der Waals surface area contributed by atoms with Gasteiger partial charge in [0.05, 0.1) is 32.3 Å². The summed E-state index contributed by atoms with van der Waals surface area (Å²) in [5.74, 6) is 1.51. The quantitative estimate of drug-likeness (QED) is 0.589. The van der Waals surface area contributed by atoms with E-state index < -0.39 is 11.5 Å². The van der Waals surface area contributed by atoms with E-state index in [4.69, 9.17) is 9.47 Å². The van der Waals surface area contributed by atoms with Crippen molar-refractivity contribution in [2.24, 2.45) is 0 Å². The number of hydrogen-bond acceptors (Lipinski definition) is 4. The molecule has 0 saturated carbocycles. The van der Waals surface area contributed by atoms with Gasteiger partial charge in [0.15, 0.2) is 0 Å². The predicted molar refractivity (Wildman–Crippen MR) is 110 cm³/mol. The molecule has 3 aromatic rings. The van der Waals surface area contributed by atoms with Gasteiger partial charge in [-0.2, -0.15) is 0 Å². The third-order valence-electron chi connectivity index (χ3n) is 4.95. The van der Waals surface area contributed by atoms with Gasteiger partial charge in [-0.1, -0.05) is 54.6 Å². The van der Waals surface area contributed by atoms with E-state index in [9.17, 15) is 10.2 Å². The molecule has 4 nitrogen and oxygen atoms in total. The van der Waals surface area contributed by atoms with E-state index in [1.165, 1.54) is 0 Å². The summed E-state index contributed by atoms with van der Waals surface area (Å²) in [5, 5.41) is 20.0. The second-order valence-electron chi connectivity index (χ2n) is 6.55. The van der Waals surface area contributed by atoms with Crippen LogP contribution in [0, 0.1) is 6.42 Å². The smallest absolute Gasteiger partial charge is 0.118 e. The zero-order valence-electron chi connectivity index (χ0n) is 16.1. The van der Waals surface area contributed by atoms with Crippen LogP contribution in [0.5, 0.6) is 11.5 Å². The Morgan fingerprint density at radius 2 is 1.18 bits per heavy atom. The van der Waals surface area contributed by atoms with E-state index in [2.05, 4.69) is 0 Å². The molecule has 2 N–H and O–H groups in total. The van der Waals surface area contributed by atoms with Crippen LogP contribution in [-0.2, 0) is 5.41 Å². The minimum atomic E-state index is -0.996. The minimum absolute atomic E-state index is 0.360. The Morgan fingerprint density at radius 1 is 0.750 bits per heavy atom. The Morgan fingerprint density at radius 3 is 1.57 bits per heavy atom. The maximum Gasteiger partial charge on any atom is 0.118 e. The molecule has 0 amide bonds. The maximum atomic E-state index is 10.4. The van der Waals surface area contributed by atoms with Crippen molar-refractivity contribution in [3.05, 3.63) is 102 Å². The largest absolute Gasteiger partial charge is 0.497 e. The third-order valence-corrected chi connectivity index (χ3v) is 4.95. The van der Waals surface area contributed by atoms with Gasteiger partial charge in [0.25, 0.3) is 0 Å².